The van der Waals surface area contributed by atoms with Gasteiger partial charge in [-0.25, -0.2) is 15.0 Å². The summed E-state index contributed by atoms with van der Waals surface area (Å²) in [6, 6.07) is 0.0411. The molecule has 0 radical (unpaired) electrons. The summed E-state index contributed by atoms with van der Waals surface area (Å²) in [6.45, 7) is 4.48. The molecule has 2 heterocycles. The maximum Gasteiger partial charge on any atom is 0.178 e. The van der Waals surface area contributed by atoms with Crippen LogP contribution < -0.4 is 5.73 Å². The van der Waals surface area contributed by atoms with Gasteiger partial charge in [0, 0.05) is 30.5 Å². The predicted molar refractivity (Wildman–Crippen MR) is 73.3 cm³/mol. The molecular formula is C14H19N5. The third kappa shape index (κ3) is 2.14. The Bertz CT molecular complexity index is 614. The van der Waals surface area contributed by atoms with E-state index in [-0.39, 0.29) is 11.5 Å². The van der Waals surface area contributed by atoms with Crippen molar-refractivity contribution in [2.45, 2.75) is 32.7 Å². The van der Waals surface area contributed by atoms with Crippen molar-refractivity contribution >= 4 is 0 Å². The van der Waals surface area contributed by atoms with Crippen LogP contribution in [0, 0.1) is 5.41 Å². The smallest absolute Gasteiger partial charge is 0.178 e. The van der Waals surface area contributed by atoms with Gasteiger partial charge in [-0.2, -0.15) is 0 Å². The molecule has 19 heavy (non-hydrogen) atoms. The molecular weight excluding hydrogens is 238 g/mol. The van der Waals surface area contributed by atoms with E-state index in [9.17, 15) is 0 Å². The first kappa shape index (κ1) is 12.3. The summed E-state index contributed by atoms with van der Waals surface area (Å²) in [4.78, 5) is 13.3. The molecule has 100 valence electrons. The molecule has 0 saturated heterocycles. The van der Waals surface area contributed by atoms with E-state index in [1.165, 1.54) is 0 Å². The monoisotopic (exact) mass is 257 g/mol. The zero-order valence-electron chi connectivity index (χ0n) is 11.6. The van der Waals surface area contributed by atoms with Crippen molar-refractivity contribution in [2.24, 2.45) is 18.2 Å². The molecule has 0 aromatic carbocycles. The second-order valence-electron chi connectivity index (χ2n) is 6.14. The Balaban J connectivity index is 2.07. The van der Waals surface area contributed by atoms with E-state index < -0.39 is 0 Å². The minimum Gasteiger partial charge on any atom is -0.331 e. The minimum absolute atomic E-state index is 0.0411. The van der Waals surface area contributed by atoms with Gasteiger partial charge in [0.1, 0.15) is 5.69 Å². The Labute approximate surface area is 112 Å². The first-order valence-corrected chi connectivity index (χ1v) is 6.54. The topological polar surface area (TPSA) is 69.6 Å². The first-order chi connectivity index (χ1) is 8.96. The van der Waals surface area contributed by atoms with Crippen molar-refractivity contribution < 1.29 is 0 Å². The molecule has 1 aliphatic rings. The van der Waals surface area contributed by atoms with Gasteiger partial charge >= 0.3 is 0 Å². The third-order valence-electron chi connectivity index (χ3n) is 3.76. The molecule has 1 atom stereocenters. The van der Waals surface area contributed by atoms with Crippen LogP contribution in [0.25, 0.3) is 11.5 Å². The predicted octanol–water partition coefficient (Wildman–Crippen LogP) is 1.85. The van der Waals surface area contributed by atoms with Gasteiger partial charge in [0.05, 0.1) is 12.5 Å². The lowest BCUT2D eigenvalue weighted by atomic mass is 9.74. The molecule has 2 N–H and O–H groups in total. The number of fused-ring (bicyclic) bond motifs is 1. The van der Waals surface area contributed by atoms with E-state index in [0.717, 1.165) is 35.6 Å². The van der Waals surface area contributed by atoms with Crippen molar-refractivity contribution in [2.75, 3.05) is 0 Å². The van der Waals surface area contributed by atoms with Crippen LogP contribution >= 0.6 is 0 Å². The van der Waals surface area contributed by atoms with Crippen LogP contribution in [-0.4, -0.2) is 19.5 Å². The second kappa shape index (κ2) is 4.13. The lowest BCUT2D eigenvalue weighted by molar-refractivity contribution is 0.278. The number of aryl methyl sites for hydroxylation is 1. The Kier molecular flexibility index (Phi) is 2.67. The van der Waals surface area contributed by atoms with E-state index in [1.54, 1.807) is 12.5 Å². The molecule has 0 amide bonds. The summed E-state index contributed by atoms with van der Waals surface area (Å²) in [5.74, 6) is 0.726. The fourth-order valence-electron chi connectivity index (χ4n) is 2.80. The highest BCUT2D eigenvalue weighted by Gasteiger charge is 2.31. The summed E-state index contributed by atoms with van der Waals surface area (Å²) in [6.07, 6.45) is 7.35. The molecule has 3 rings (SSSR count). The van der Waals surface area contributed by atoms with Gasteiger partial charge in [0.15, 0.2) is 5.82 Å². The van der Waals surface area contributed by atoms with E-state index in [2.05, 4.69) is 23.8 Å². The molecule has 1 aliphatic carbocycles. The van der Waals surface area contributed by atoms with E-state index in [1.807, 2.05) is 17.8 Å². The zero-order chi connectivity index (χ0) is 13.6. The standard InChI is InChI=1S/C14H19N5/c1-14(2)4-10(15)9-6-17-13(18-11(9)5-14)12-7-16-8-19(12)3/h6-8,10H,4-5,15H2,1-3H3. The van der Waals surface area contributed by atoms with E-state index >= 15 is 0 Å². The van der Waals surface area contributed by atoms with Gasteiger partial charge in [-0.3, -0.25) is 0 Å². The van der Waals surface area contributed by atoms with Gasteiger partial charge in [-0.1, -0.05) is 13.8 Å². The maximum atomic E-state index is 6.22. The fourth-order valence-corrected chi connectivity index (χ4v) is 2.80. The van der Waals surface area contributed by atoms with Crippen LogP contribution in [0.4, 0.5) is 0 Å². The molecule has 5 nitrogen and oxygen atoms in total. The maximum absolute atomic E-state index is 6.22. The fraction of sp³-hybridized carbons (Fsp3) is 0.500. The molecule has 0 fully saturated rings. The quantitative estimate of drug-likeness (QED) is 0.846. The number of aromatic nitrogens is 4. The number of rotatable bonds is 1. The van der Waals surface area contributed by atoms with Crippen molar-refractivity contribution in [3.8, 4) is 11.5 Å². The van der Waals surface area contributed by atoms with Crippen LogP contribution in [0.1, 0.15) is 37.6 Å². The lowest BCUT2D eigenvalue weighted by Crippen LogP contribution is -2.30. The summed E-state index contributed by atoms with van der Waals surface area (Å²) in [7, 11) is 1.95. The number of hydrogen-bond donors (Lipinski definition) is 1. The van der Waals surface area contributed by atoms with Crippen molar-refractivity contribution in [3.63, 3.8) is 0 Å². The van der Waals surface area contributed by atoms with Gasteiger partial charge in [0.2, 0.25) is 0 Å². The highest BCUT2D eigenvalue weighted by molar-refractivity contribution is 5.49. The molecule has 0 saturated carbocycles. The number of nitrogens with two attached hydrogens (primary N) is 1. The Morgan fingerprint density at radius 3 is 2.84 bits per heavy atom. The molecule has 1 unspecified atom stereocenters. The lowest BCUT2D eigenvalue weighted by Gasteiger charge is -2.34. The van der Waals surface area contributed by atoms with Gasteiger partial charge in [-0.15, -0.1) is 0 Å². The Hall–Kier alpha value is -1.75. The average molecular weight is 257 g/mol. The average Bonchev–Trinajstić information content (AvgIpc) is 2.73. The van der Waals surface area contributed by atoms with E-state index in [4.69, 9.17) is 10.7 Å². The largest absolute Gasteiger partial charge is 0.331 e. The molecule has 0 spiro atoms. The summed E-state index contributed by atoms with van der Waals surface area (Å²) in [5, 5.41) is 0. The summed E-state index contributed by atoms with van der Waals surface area (Å²) >= 11 is 0. The van der Waals surface area contributed by atoms with Crippen LogP contribution in [-0.2, 0) is 13.5 Å². The number of hydrogen-bond acceptors (Lipinski definition) is 4. The molecule has 0 aliphatic heterocycles. The highest BCUT2D eigenvalue weighted by atomic mass is 15.1. The molecule has 2 aromatic heterocycles. The van der Waals surface area contributed by atoms with Crippen LogP contribution in [0.3, 0.4) is 0 Å². The molecule has 0 bridgehead atoms. The Morgan fingerprint density at radius 2 is 2.16 bits per heavy atom. The van der Waals surface area contributed by atoms with Gasteiger partial charge in [0.25, 0.3) is 0 Å². The van der Waals surface area contributed by atoms with Crippen molar-refractivity contribution in [3.05, 3.63) is 30.0 Å². The third-order valence-corrected chi connectivity index (χ3v) is 3.76. The van der Waals surface area contributed by atoms with Crippen LogP contribution in [0.2, 0.25) is 0 Å². The molecule has 5 heteroatoms. The summed E-state index contributed by atoms with van der Waals surface area (Å²) < 4.78 is 1.93. The SMILES string of the molecule is Cn1cncc1-c1ncc2c(n1)CC(C)(C)CC2N. The van der Waals surface area contributed by atoms with Crippen molar-refractivity contribution in [1.82, 2.24) is 19.5 Å². The first-order valence-electron chi connectivity index (χ1n) is 6.54. The van der Waals surface area contributed by atoms with Crippen LogP contribution in [0.15, 0.2) is 18.7 Å². The molecule has 2 aromatic rings. The van der Waals surface area contributed by atoms with Gasteiger partial charge < -0.3 is 10.3 Å². The number of imidazole rings is 1. The normalized spacial score (nSPS) is 21.2. The zero-order valence-corrected chi connectivity index (χ0v) is 11.6. The van der Waals surface area contributed by atoms with Gasteiger partial charge in [-0.05, 0) is 18.3 Å². The summed E-state index contributed by atoms with van der Waals surface area (Å²) in [5.41, 5.74) is 9.52. The van der Waals surface area contributed by atoms with Crippen molar-refractivity contribution in [1.29, 1.82) is 0 Å². The second-order valence-corrected chi connectivity index (χ2v) is 6.14. The van der Waals surface area contributed by atoms with Crippen LogP contribution in [0.5, 0.6) is 0 Å². The highest BCUT2D eigenvalue weighted by Crippen LogP contribution is 2.38. The number of nitrogens with zero attached hydrogens (tertiary/aromatic N) is 4. The minimum atomic E-state index is 0.0411. The van der Waals surface area contributed by atoms with E-state index in [0.29, 0.717) is 0 Å². The Morgan fingerprint density at radius 1 is 1.37 bits per heavy atom.